The van der Waals surface area contributed by atoms with Crippen molar-refractivity contribution in [2.24, 2.45) is 0 Å². The quantitative estimate of drug-likeness (QED) is 0.918. The minimum absolute atomic E-state index is 0.650. The lowest BCUT2D eigenvalue weighted by Crippen LogP contribution is -2.01. The van der Waals surface area contributed by atoms with Gasteiger partial charge in [0.15, 0.2) is 0 Å². The average Bonchev–Trinajstić information content (AvgIpc) is 2.73. The summed E-state index contributed by atoms with van der Waals surface area (Å²) in [5.41, 5.74) is 2.16. The lowest BCUT2D eigenvalue weighted by molar-refractivity contribution is 0.416. The molecule has 0 aliphatic carbocycles. The SMILES string of the molecule is COc1ccc(C)cc1NCc1ncc(Cl)s1. The van der Waals surface area contributed by atoms with Crippen molar-refractivity contribution < 1.29 is 4.74 Å². The van der Waals surface area contributed by atoms with Crippen LogP contribution in [-0.2, 0) is 6.54 Å². The van der Waals surface area contributed by atoms with Gasteiger partial charge in [-0.05, 0) is 24.6 Å². The Labute approximate surface area is 109 Å². The molecule has 1 aromatic heterocycles. The molecule has 0 saturated carbocycles. The van der Waals surface area contributed by atoms with Crippen molar-refractivity contribution >= 4 is 28.6 Å². The second kappa shape index (κ2) is 5.38. The summed E-state index contributed by atoms with van der Waals surface area (Å²) in [6, 6.07) is 6.02. The maximum atomic E-state index is 5.83. The van der Waals surface area contributed by atoms with Crippen LogP contribution in [0.2, 0.25) is 4.34 Å². The van der Waals surface area contributed by atoms with Gasteiger partial charge in [-0.1, -0.05) is 17.7 Å². The van der Waals surface area contributed by atoms with Crippen molar-refractivity contribution in [3.63, 3.8) is 0 Å². The highest BCUT2D eigenvalue weighted by molar-refractivity contribution is 7.15. The van der Waals surface area contributed by atoms with Crippen LogP contribution in [0.1, 0.15) is 10.6 Å². The fourth-order valence-electron chi connectivity index (χ4n) is 1.50. The first-order valence-electron chi connectivity index (χ1n) is 5.18. The molecule has 0 aliphatic rings. The number of nitrogens with one attached hydrogen (secondary N) is 1. The zero-order valence-electron chi connectivity index (χ0n) is 9.66. The van der Waals surface area contributed by atoms with Gasteiger partial charge in [0.2, 0.25) is 0 Å². The zero-order valence-corrected chi connectivity index (χ0v) is 11.2. The van der Waals surface area contributed by atoms with Crippen LogP contribution in [0.15, 0.2) is 24.4 Å². The molecule has 5 heteroatoms. The largest absolute Gasteiger partial charge is 0.495 e. The van der Waals surface area contributed by atoms with Gasteiger partial charge >= 0.3 is 0 Å². The van der Waals surface area contributed by atoms with Crippen molar-refractivity contribution in [3.8, 4) is 5.75 Å². The maximum Gasteiger partial charge on any atom is 0.141 e. The Hall–Kier alpha value is -1.26. The number of ether oxygens (including phenoxy) is 1. The predicted molar refractivity (Wildman–Crippen MR) is 72.2 cm³/mol. The predicted octanol–water partition coefficient (Wildman–Crippen LogP) is 3.73. The van der Waals surface area contributed by atoms with E-state index in [1.165, 1.54) is 16.9 Å². The van der Waals surface area contributed by atoms with E-state index in [2.05, 4.69) is 10.3 Å². The van der Waals surface area contributed by atoms with Crippen LogP contribution >= 0.6 is 22.9 Å². The number of thiazole rings is 1. The van der Waals surface area contributed by atoms with Crippen molar-refractivity contribution in [3.05, 3.63) is 39.3 Å². The van der Waals surface area contributed by atoms with Gasteiger partial charge in [-0.15, -0.1) is 11.3 Å². The summed E-state index contributed by atoms with van der Waals surface area (Å²) in [6.07, 6.45) is 1.66. The average molecular weight is 269 g/mol. The molecular weight excluding hydrogens is 256 g/mol. The van der Waals surface area contributed by atoms with Crippen LogP contribution < -0.4 is 10.1 Å². The van der Waals surface area contributed by atoms with Crippen molar-refractivity contribution in [2.75, 3.05) is 12.4 Å². The van der Waals surface area contributed by atoms with E-state index in [0.29, 0.717) is 10.9 Å². The molecule has 2 rings (SSSR count). The summed E-state index contributed by atoms with van der Waals surface area (Å²) in [6.45, 7) is 2.70. The highest BCUT2D eigenvalue weighted by atomic mass is 35.5. The lowest BCUT2D eigenvalue weighted by Gasteiger charge is -2.10. The number of benzene rings is 1. The maximum absolute atomic E-state index is 5.83. The van der Waals surface area contributed by atoms with Crippen LogP contribution in [0.5, 0.6) is 5.75 Å². The molecule has 0 spiro atoms. The minimum Gasteiger partial charge on any atom is -0.495 e. The number of hydrogen-bond acceptors (Lipinski definition) is 4. The van der Waals surface area contributed by atoms with E-state index >= 15 is 0 Å². The molecular formula is C12H13ClN2OS. The lowest BCUT2D eigenvalue weighted by atomic mass is 10.2. The van der Waals surface area contributed by atoms with E-state index in [9.17, 15) is 0 Å². The zero-order chi connectivity index (χ0) is 12.3. The molecule has 17 heavy (non-hydrogen) atoms. The van der Waals surface area contributed by atoms with Crippen molar-refractivity contribution in [1.82, 2.24) is 4.98 Å². The molecule has 1 aromatic carbocycles. The fourth-order valence-corrected chi connectivity index (χ4v) is 2.40. The van der Waals surface area contributed by atoms with E-state index in [4.69, 9.17) is 16.3 Å². The Bertz CT molecular complexity index is 513. The van der Waals surface area contributed by atoms with Crippen LogP contribution in [0, 0.1) is 6.92 Å². The van der Waals surface area contributed by atoms with E-state index in [-0.39, 0.29) is 0 Å². The minimum atomic E-state index is 0.650. The Kier molecular flexibility index (Phi) is 3.86. The van der Waals surface area contributed by atoms with Crippen molar-refractivity contribution in [1.29, 1.82) is 0 Å². The molecule has 0 atom stereocenters. The van der Waals surface area contributed by atoms with Gasteiger partial charge in [-0.3, -0.25) is 0 Å². The third-order valence-electron chi connectivity index (χ3n) is 2.31. The topological polar surface area (TPSA) is 34.1 Å². The number of nitrogens with zero attached hydrogens (tertiary/aromatic N) is 1. The number of halogens is 1. The van der Waals surface area contributed by atoms with Gasteiger partial charge in [-0.2, -0.15) is 0 Å². The van der Waals surface area contributed by atoms with Crippen LogP contribution in [0.4, 0.5) is 5.69 Å². The molecule has 90 valence electrons. The number of aryl methyl sites for hydroxylation is 1. The van der Waals surface area contributed by atoms with E-state index < -0.39 is 0 Å². The van der Waals surface area contributed by atoms with Crippen LogP contribution in [0.3, 0.4) is 0 Å². The van der Waals surface area contributed by atoms with Crippen LogP contribution in [-0.4, -0.2) is 12.1 Å². The second-order valence-corrected chi connectivity index (χ2v) is 5.36. The number of methoxy groups -OCH3 is 1. The molecule has 0 saturated heterocycles. The number of hydrogen-bond donors (Lipinski definition) is 1. The van der Waals surface area contributed by atoms with Gasteiger partial charge < -0.3 is 10.1 Å². The van der Waals surface area contributed by atoms with Gasteiger partial charge in [-0.25, -0.2) is 4.98 Å². The highest BCUT2D eigenvalue weighted by Crippen LogP contribution is 2.26. The molecule has 0 bridgehead atoms. The van der Waals surface area contributed by atoms with Gasteiger partial charge in [0.1, 0.15) is 15.1 Å². The number of aromatic nitrogens is 1. The monoisotopic (exact) mass is 268 g/mol. The first-order valence-corrected chi connectivity index (χ1v) is 6.37. The van der Waals surface area contributed by atoms with Crippen molar-refractivity contribution in [2.45, 2.75) is 13.5 Å². The Morgan fingerprint density at radius 1 is 1.47 bits per heavy atom. The molecule has 0 fully saturated rings. The summed E-state index contributed by atoms with van der Waals surface area (Å²) in [7, 11) is 1.66. The van der Waals surface area contributed by atoms with Gasteiger partial charge in [0.25, 0.3) is 0 Å². The molecule has 2 aromatic rings. The molecule has 0 amide bonds. The first kappa shape index (κ1) is 12.2. The van der Waals surface area contributed by atoms with Gasteiger partial charge in [0, 0.05) is 0 Å². The summed E-state index contributed by atoms with van der Waals surface area (Å²) >= 11 is 7.31. The third-order valence-corrected chi connectivity index (χ3v) is 3.43. The molecule has 0 aliphatic heterocycles. The third kappa shape index (κ3) is 3.11. The highest BCUT2D eigenvalue weighted by Gasteiger charge is 2.04. The smallest absolute Gasteiger partial charge is 0.141 e. The van der Waals surface area contributed by atoms with E-state index in [1.54, 1.807) is 13.3 Å². The second-order valence-electron chi connectivity index (χ2n) is 3.62. The molecule has 3 nitrogen and oxygen atoms in total. The Morgan fingerprint density at radius 2 is 2.29 bits per heavy atom. The molecule has 0 unspecified atom stereocenters. The summed E-state index contributed by atoms with van der Waals surface area (Å²) < 4.78 is 5.99. The Balaban J connectivity index is 2.10. The fraction of sp³-hybridized carbons (Fsp3) is 0.250. The number of rotatable bonds is 4. The summed E-state index contributed by atoms with van der Waals surface area (Å²) in [5.74, 6) is 0.832. The summed E-state index contributed by atoms with van der Waals surface area (Å²) in [4.78, 5) is 4.19. The van der Waals surface area contributed by atoms with Gasteiger partial charge in [0.05, 0.1) is 25.5 Å². The van der Waals surface area contributed by atoms with E-state index in [1.807, 2.05) is 25.1 Å². The number of anilines is 1. The standard InChI is InChI=1S/C12H13ClN2OS/c1-8-3-4-10(16-2)9(5-8)14-7-12-15-6-11(13)17-12/h3-6,14H,7H2,1-2H3. The normalized spacial score (nSPS) is 10.3. The van der Waals surface area contributed by atoms with E-state index in [0.717, 1.165) is 16.4 Å². The molecule has 1 heterocycles. The summed E-state index contributed by atoms with van der Waals surface area (Å²) in [5, 5.41) is 4.26. The van der Waals surface area contributed by atoms with Crippen LogP contribution in [0.25, 0.3) is 0 Å². The Morgan fingerprint density at radius 3 is 2.94 bits per heavy atom. The molecule has 1 N–H and O–H groups in total. The first-order chi connectivity index (χ1) is 8.19. The molecule has 0 radical (unpaired) electrons.